The fourth-order valence-corrected chi connectivity index (χ4v) is 4.90. The van der Waals surface area contributed by atoms with Gasteiger partial charge >= 0.3 is 0 Å². The Morgan fingerprint density at radius 1 is 0.925 bits per heavy atom. The summed E-state index contributed by atoms with van der Waals surface area (Å²) >= 11 is 0. The fraction of sp³-hybridized carbons (Fsp3) is 0.567. The van der Waals surface area contributed by atoms with E-state index in [0.29, 0.717) is 32.1 Å². The van der Waals surface area contributed by atoms with Crippen LogP contribution in [-0.2, 0) is 30.4 Å². The Morgan fingerprint density at radius 3 is 2.40 bits per heavy atom. The Balaban J connectivity index is 1.82. The molecule has 0 spiro atoms. The number of aromatic nitrogens is 1. The minimum atomic E-state index is -0.919. The number of fused-ring (bicyclic) bond motifs is 1. The zero-order chi connectivity index (χ0) is 29.1. The van der Waals surface area contributed by atoms with Crippen LogP contribution in [0.1, 0.15) is 77.8 Å². The third-order valence-electron chi connectivity index (χ3n) is 7.65. The molecule has 0 unspecified atom stereocenters. The average Bonchev–Trinajstić information content (AvgIpc) is 3.35. The molecular formula is C30H43N5O5. The van der Waals surface area contributed by atoms with Crippen molar-refractivity contribution >= 4 is 40.3 Å². The summed E-state index contributed by atoms with van der Waals surface area (Å²) in [5, 5.41) is 12.2. The van der Waals surface area contributed by atoms with Gasteiger partial charge in [-0.1, -0.05) is 58.2 Å². The summed E-state index contributed by atoms with van der Waals surface area (Å²) in [7, 11) is 0. The van der Waals surface area contributed by atoms with E-state index in [1.54, 1.807) is 0 Å². The van der Waals surface area contributed by atoms with Gasteiger partial charge in [-0.25, -0.2) is 0 Å². The maximum absolute atomic E-state index is 13.6. The predicted octanol–water partition coefficient (Wildman–Crippen LogP) is 2.66. The highest BCUT2D eigenvalue weighted by Crippen LogP contribution is 2.17. The lowest BCUT2D eigenvalue weighted by atomic mass is 9.95. The van der Waals surface area contributed by atoms with Gasteiger partial charge in [0.15, 0.2) is 0 Å². The fourth-order valence-electron chi connectivity index (χ4n) is 4.90. The van der Waals surface area contributed by atoms with Gasteiger partial charge in [0.25, 0.3) is 0 Å². The van der Waals surface area contributed by atoms with Gasteiger partial charge in [-0.05, 0) is 36.3 Å². The maximum atomic E-state index is 13.6. The number of H-pyrrole nitrogens is 1. The van der Waals surface area contributed by atoms with Crippen LogP contribution < -0.4 is 21.3 Å². The van der Waals surface area contributed by atoms with E-state index in [2.05, 4.69) is 26.3 Å². The van der Waals surface area contributed by atoms with Crippen molar-refractivity contribution in [1.82, 2.24) is 26.3 Å². The van der Waals surface area contributed by atoms with Crippen LogP contribution in [0.25, 0.3) is 10.9 Å². The van der Waals surface area contributed by atoms with Crippen LogP contribution >= 0.6 is 0 Å². The Hall–Kier alpha value is -3.69. The van der Waals surface area contributed by atoms with Crippen molar-refractivity contribution < 1.29 is 24.0 Å². The molecule has 0 bridgehead atoms. The summed E-state index contributed by atoms with van der Waals surface area (Å²) in [4.78, 5) is 67.3. The standard InChI is InChI=1S/C30H43N5O5/c1-4-19(3)25-17-27(37)31-18-28(38)33-24(14-8-6-7-12-22(36)5-2)29(39)35-26(30(40)34-25)16-21-15-20-11-9-10-13-23(20)32-21/h9-11,13,15,19,24-26,32H,4-8,12,14,16-18H2,1-3H3,(H,31,37)(H,33,38)(H,34,40)(H,35,39)/t19-,24-,25+,26-/m0/s1. The Morgan fingerprint density at radius 2 is 1.68 bits per heavy atom. The molecule has 1 aliphatic rings. The van der Waals surface area contributed by atoms with Crippen LogP contribution in [0.15, 0.2) is 30.3 Å². The second kappa shape index (κ2) is 15.2. The van der Waals surface area contributed by atoms with Crippen molar-refractivity contribution in [3.8, 4) is 0 Å². The smallest absolute Gasteiger partial charge is 0.243 e. The van der Waals surface area contributed by atoms with E-state index in [0.717, 1.165) is 29.4 Å². The molecule has 4 amide bonds. The Bertz CT molecular complexity index is 1160. The molecule has 10 nitrogen and oxygen atoms in total. The van der Waals surface area contributed by atoms with Gasteiger partial charge in [-0.2, -0.15) is 0 Å². The molecule has 1 fully saturated rings. The lowest BCUT2D eigenvalue weighted by Crippen LogP contribution is -2.56. The van der Waals surface area contributed by atoms with Crippen molar-refractivity contribution in [2.45, 2.75) is 96.7 Å². The van der Waals surface area contributed by atoms with Gasteiger partial charge in [0.2, 0.25) is 23.6 Å². The van der Waals surface area contributed by atoms with Gasteiger partial charge in [0, 0.05) is 42.9 Å². The zero-order valence-corrected chi connectivity index (χ0v) is 23.8. The molecule has 1 aromatic carbocycles. The highest BCUT2D eigenvalue weighted by Gasteiger charge is 2.31. The largest absolute Gasteiger partial charge is 0.358 e. The lowest BCUT2D eigenvalue weighted by molar-refractivity contribution is -0.132. The topological polar surface area (TPSA) is 149 Å². The van der Waals surface area contributed by atoms with E-state index in [-0.39, 0.29) is 42.9 Å². The first kappa shape index (κ1) is 30.8. The van der Waals surface area contributed by atoms with E-state index in [4.69, 9.17) is 0 Å². The number of ketones is 1. The summed E-state index contributed by atoms with van der Waals surface area (Å²) in [6.07, 6.45) is 4.40. The van der Waals surface area contributed by atoms with Gasteiger partial charge in [0.05, 0.1) is 6.54 Å². The third kappa shape index (κ3) is 9.20. The molecule has 0 aliphatic carbocycles. The normalized spacial score (nSPS) is 21.7. The highest BCUT2D eigenvalue weighted by atomic mass is 16.2. The molecule has 40 heavy (non-hydrogen) atoms. The number of para-hydroxylation sites is 1. The third-order valence-corrected chi connectivity index (χ3v) is 7.65. The quantitative estimate of drug-likeness (QED) is 0.271. The summed E-state index contributed by atoms with van der Waals surface area (Å²) in [6, 6.07) is 7.46. The number of unbranched alkanes of at least 4 members (excludes halogenated alkanes) is 2. The molecule has 0 saturated carbocycles. The molecular weight excluding hydrogens is 510 g/mol. The first-order chi connectivity index (χ1) is 19.2. The zero-order valence-electron chi connectivity index (χ0n) is 23.8. The number of Topliss-reactive ketones (excluding diaryl/α,β-unsaturated/α-hetero) is 1. The van der Waals surface area contributed by atoms with Crippen molar-refractivity contribution in [3.63, 3.8) is 0 Å². The number of benzene rings is 1. The minimum Gasteiger partial charge on any atom is -0.358 e. The molecule has 10 heteroatoms. The SMILES string of the molecule is CCC(=O)CCCCC[C@@H]1NC(=O)CNC(=O)C[C@H]([C@@H](C)CC)NC(=O)[C@H](Cc2cc3ccccc3[nH]2)NC1=O. The van der Waals surface area contributed by atoms with E-state index < -0.39 is 29.9 Å². The molecule has 2 aromatic rings. The number of carbonyl (C=O) groups excluding carboxylic acids is 5. The maximum Gasteiger partial charge on any atom is 0.243 e. The number of carbonyl (C=O) groups is 5. The number of nitrogens with one attached hydrogen (secondary N) is 5. The first-order valence-electron chi connectivity index (χ1n) is 14.4. The first-order valence-corrected chi connectivity index (χ1v) is 14.4. The monoisotopic (exact) mass is 553 g/mol. The van der Waals surface area contributed by atoms with Crippen molar-refractivity contribution in [3.05, 3.63) is 36.0 Å². The molecule has 0 radical (unpaired) electrons. The van der Waals surface area contributed by atoms with Gasteiger partial charge in [0.1, 0.15) is 17.9 Å². The molecule has 2 heterocycles. The average molecular weight is 554 g/mol. The van der Waals surface area contributed by atoms with Gasteiger partial charge < -0.3 is 26.3 Å². The molecule has 4 atom stereocenters. The van der Waals surface area contributed by atoms with E-state index in [9.17, 15) is 24.0 Å². The molecule has 5 N–H and O–H groups in total. The minimum absolute atomic E-state index is 0.00502. The summed E-state index contributed by atoms with van der Waals surface area (Å²) in [6.45, 7) is 5.52. The molecule has 1 aliphatic heterocycles. The van der Waals surface area contributed by atoms with Crippen LogP contribution in [0, 0.1) is 5.92 Å². The van der Waals surface area contributed by atoms with Crippen molar-refractivity contribution in [2.75, 3.05) is 6.54 Å². The van der Waals surface area contributed by atoms with Gasteiger partial charge in [-0.15, -0.1) is 0 Å². The number of amides is 4. The summed E-state index contributed by atoms with van der Waals surface area (Å²) in [5.74, 6) is -1.45. The number of aromatic amines is 1. The van der Waals surface area contributed by atoms with Gasteiger partial charge in [-0.3, -0.25) is 24.0 Å². The lowest BCUT2D eigenvalue weighted by Gasteiger charge is -2.27. The molecule has 3 rings (SSSR count). The number of hydrogen-bond acceptors (Lipinski definition) is 5. The second-order valence-corrected chi connectivity index (χ2v) is 10.7. The van der Waals surface area contributed by atoms with E-state index in [1.807, 2.05) is 51.1 Å². The van der Waals surface area contributed by atoms with E-state index >= 15 is 0 Å². The van der Waals surface area contributed by atoms with Crippen LogP contribution in [0.3, 0.4) is 0 Å². The molecule has 1 saturated heterocycles. The number of rotatable bonds is 11. The highest BCUT2D eigenvalue weighted by molar-refractivity contribution is 5.94. The van der Waals surface area contributed by atoms with Crippen LogP contribution in [-0.4, -0.2) is 59.1 Å². The summed E-state index contributed by atoms with van der Waals surface area (Å²) < 4.78 is 0. The Kier molecular flexibility index (Phi) is 11.7. The van der Waals surface area contributed by atoms with Crippen molar-refractivity contribution in [1.29, 1.82) is 0 Å². The van der Waals surface area contributed by atoms with Crippen molar-refractivity contribution in [2.24, 2.45) is 5.92 Å². The Labute approximate surface area is 235 Å². The van der Waals surface area contributed by atoms with Crippen LogP contribution in [0.4, 0.5) is 0 Å². The van der Waals surface area contributed by atoms with Crippen LogP contribution in [0.2, 0.25) is 0 Å². The van der Waals surface area contributed by atoms with E-state index in [1.165, 1.54) is 0 Å². The van der Waals surface area contributed by atoms with Crippen LogP contribution in [0.5, 0.6) is 0 Å². The summed E-state index contributed by atoms with van der Waals surface area (Å²) in [5.41, 5.74) is 1.71. The predicted molar refractivity (Wildman–Crippen MR) is 153 cm³/mol. The molecule has 1 aromatic heterocycles. The second-order valence-electron chi connectivity index (χ2n) is 10.7. The molecule has 218 valence electrons. The number of hydrogen-bond donors (Lipinski definition) is 5.